The molecule has 2 aromatic carbocycles. The number of benzene rings is 2. The third kappa shape index (κ3) is 8.23. The fourth-order valence-corrected chi connectivity index (χ4v) is 4.30. The summed E-state index contributed by atoms with van der Waals surface area (Å²) in [4.78, 5) is 27.5. The molecule has 2 rings (SSSR count). The Morgan fingerprint density at radius 3 is 2.23 bits per heavy atom. The molecule has 0 aliphatic heterocycles. The summed E-state index contributed by atoms with van der Waals surface area (Å²) in [5.74, 6) is 0.907. The van der Waals surface area contributed by atoms with Crippen LogP contribution in [0.1, 0.15) is 49.4 Å². The molecule has 0 bridgehead atoms. The minimum Gasteiger partial charge on any atom is -0.352 e. The fraction of sp³-hybridized carbons (Fsp3) is 0.440. The molecular weight excluding hydrogens is 428 g/mol. The van der Waals surface area contributed by atoms with Crippen LogP contribution < -0.4 is 5.32 Å². The molecule has 0 saturated carbocycles. The maximum Gasteiger partial charge on any atom is 0.242 e. The lowest BCUT2D eigenvalue weighted by molar-refractivity contribution is -0.138. The number of rotatable bonds is 10. The number of halogens is 1. The zero-order valence-electron chi connectivity index (χ0n) is 19.1. The molecule has 0 fully saturated rings. The van der Waals surface area contributed by atoms with E-state index in [1.165, 1.54) is 16.7 Å². The summed E-state index contributed by atoms with van der Waals surface area (Å²) in [7, 11) is 0. The average Bonchev–Trinajstić information content (AvgIpc) is 2.71. The van der Waals surface area contributed by atoms with E-state index in [2.05, 4.69) is 37.4 Å². The van der Waals surface area contributed by atoms with Crippen molar-refractivity contribution >= 4 is 35.2 Å². The predicted molar refractivity (Wildman–Crippen MR) is 131 cm³/mol. The van der Waals surface area contributed by atoms with Gasteiger partial charge in [0.1, 0.15) is 6.04 Å². The van der Waals surface area contributed by atoms with Crippen LogP contribution >= 0.6 is 23.4 Å². The molecule has 31 heavy (non-hydrogen) atoms. The van der Waals surface area contributed by atoms with Crippen molar-refractivity contribution in [3.8, 4) is 0 Å². The lowest BCUT2D eigenvalue weighted by Gasteiger charge is -2.29. The summed E-state index contributed by atoms with van der Waals surface area (Å²) in [6.07, 6.45) is 0.843. The Bertz CT molecular complexity index is 865. The number of carbonyl (C=O) groups excluding carboxylic acids is 2. The van der Waals surface area contributed by atoms with Gasteiger partial charge in [-0.25, -0.2) is 0 Å². The number of nitrogens with zero attached hydrogens (tertiary/aromatic N) is 1. The van der Waals surface area contributed by atoms with Crippen LogP contribution in [0.25, 0.3) is 0 Å². The molecule has 1 N–H and O–H groups in total. The first-order chi connectivity index (χ1) is 14.7. The summed E-state index contributed by atoms with van der Waals surface area (Å²) in [6.45, 7) is 10.3. The summed E-state index contributed by atoms with van der Waals surface area (Å²) < 4.78 is 0. The average molecular weight is 461 g/mol. The number of hydrogen-bond acceptors (Lipinski definition) is 3. The number of thioether (sulfide) groups is 1. The Morgan fingerprint density at radius 2 is 1.65 bits per heavy atom. The molecule has 0 aliphatic carbocycles. The van der Waals surface area contributed by atoms with E-state index < -0.39 is 6.04 Å². The topological polar surface area (TPSA) is 49.4 Å². The van der Waals surface area contributed by atoms with Crippen LogP contribution in [0.4, 0.5) is 0 Å². The molecule has 6 heteroatoms. The van der Waals surface area contributed by atoms with Gasteiger partial charge in [-0.3, -0.25) is 9.59 Å². The van der Waals surface area contributed by atoms with E-state index in [0.29, 0.717) is 17.3 Å². The standard InChI is InChI=1S/C25H33ClN2O2S/c1-6-19(4)27-25(30)20(5)28(14-21-7-9-23(26)10-8-21)24(29)16-31-15-22-12-17(2)11-18(3)13-22/h7-13,19-20H,6,14-16H2,1-5H3,(H,27,30). The van der Waals surface area contributed by atoms with Gasteiger partial charge >= 0.3 is 0 Å². The third-order valence-electron chi connectivity index (χ3n) is 5.21. The van der Waals surface area contributed by atoms with Crippen LogP contribution in [0, 0.1) is 13.8 Å². The van der Waals surface area contributed by atoms with Gasteiger partial charge in [0.2, 0.25) is 11.8 Å². The Kier molecular flexibility index (Phi) is 9.92. The molecule has 0 aliphatic rings. The van der Waals surface area contributed by atoms with Crippen LogP contribution in [0.2, 0.25) is 5.02 Å². The van der Waals surface area contributed by atoms with Crippen LogP contribution in [0.3, 0.4) is 0 Å². The van der Waals surface area contributed by atoms with Gasteiger partial charge in [0.05, 0.1) is 5.75 Å². The number of aryl methyl sites for hydroxylation is 2. The zero-order valence-corrected chi connectivity index (χ0v) is 20.6. The molecule has 0 saturated heterocycles. The van der Waals surface area contributed by atoms with Crippen molar-refractivity contribution in [1.29, 1.82) is 0 Å². The van der Waals surface area contributed by atoms with E-state index in [1.807, 2.05) is 26.0 Å². The van der Waals surface area contributed by atoms with E-state index in [4.69, 9.17) is 11.6 Å². The molecule has 168 valence electrons. The van der Waals surface area contributed by atoms with Crippen LogP contribution in [-0.2, 0) is 21.9 Å². The lowest BCUT2D eigenvalue weighted by Crippen LogP contribution is -2.50. The van der Waals surface area contributed by atoms with Gasteiger partial charge in [-0.2, -0.15) is 0 Å². The number of carbonyl (C=O) groups is 2. The predicted octanol–water partition coefficient (Wildman–Crippen LogP) is 5.52. The van der Waals surface area contributed by atoms with Gasteiger partial charge in [0.25, 0.3) is 0 Å². The van der Waals surface area contributed by atoms with Gasteiger partial charge in [-0.05, 0) is 57.4 Å². The highest BCUT2D eigenvalue weighted by molar-refractivity contribution is 7.99. The van der Waals surface area contributed by atoms with Gasteiger partial charge in [-0.1, -0.05) is 60.0 Å². The molecule has 0 aromatic heterocycles. The van der Waals surface area contributed by atoms with Gasteiger partial charge in [0.15, 0.2) is 0 Å². The van der Waals surface area contributed by atoms with Crippen LogP contribution in [0.15, 0.2) is 42.5 Å². The second-order valence-corrected chi connectivity index (χ2v) is 9.55. The monoisotopic (exact) mass is 460 g/mol. The van der Waals surface area contributed by atoms with E-state index in [1.54, 1.807) is 35.7 Å². The highest BCUT2D eigenvalue weighted by Crippen LogP contribution is 2.19. The van der Waals surface area contributed by atoms with Crippen molar-refractivity contribution in [1.82, 2.24) is 10.2 Å². The van der Waals surface area contributed by atoms with Crippen LogP contribution in [0.5, 0.6) is 0 Å². The zero-order chi connectivity index (χ0) is 23.0. The van der Waals surface area contributed by atoms with Crippen LogP contribution in [-0.4, -0.2) is 34.6 Å². The third-order valence-corrected chi connectivity index (χ3v) is 6.45. The number of nitrogens with one attached hydrogen (secondary N) is 1. The van der Waals surface area contributed by atoms with E-state index in [-0.39, 0.29) is 17.9 Å². The maximum absolute atomic E-state index is 13.1. The second-order valence-electron chi connectivity index (χ2n) is 8.13. The Hall–Kier alpha value is -1.98. The quantitative estimate of drug-likeness (QED) is 0.507. The molecule has 0 radical (unpaired) electrons. The molecule has 4 nitrogen and oxygen atoms in total. The summed E-state index contributed by atoms with van der Waals surface area (Å²) in [5, 5.41) is 3.64. The second kappa shape index (κ2) is 12.2. The molecule has 2 aromatic rings. The molecule has 2 atom stereocenters. The number of amides is 2. The van der Waals surface area contributed by atoms with Gasteiger partial charge in [-0.15, -0.1) is 11.8 Å². The molecule has 2 amide bonds. The molecule has 0 heterocycles. The smallest absolute Gasteiger partial charge is 0.242 e. The Morgan fingerprint density at radius 1 is 1.03 bits per heavy atom. The molecule has 2 unspecified atom stereocenters. The van der Waals surface area contributed by atoms with Crippen molar-refractivity contribution in [2.45, 2.75) is 65.4 Å². The summed E-state index contributed by atoms with van der Waals surface area (Å²) in [6, 6.07) is 13.4. The van der Waals surface area contributed by atoms with Crippen molar-refractivity contribution in [3.63, 3.8) is 0 Å². The highest BCUT2D eigenvalue weighted by Gasteiger charge is 2.26. The van der Waals surface area contributed by atoms with Gasteiger partial charge in [0, 0.05) is 23.4 Å². The first kappa shape index (κ1) is 25.3. The minimum absolute atomic E-state index is 0.0453. The Balaban J connectivity index is 2.08. The minimum atomic E-state index is -0.556. The van der Waals surface area contributed by atoms with E-state index >= 15 is 0 Å². The Labute approximate surface area is 195 Å². The first-order valence-corrected chi connectivity index (χ1v) is 12.2. The highest BCUT2D eigenvalue weighted by atomic mass is 35.5. The summed E-state index contributed by atoms with van der Waals surface area (Å²) in [5.41, 5.74) is 4.60. The van der Waals surface area contributed by atoms with Crippen molar-refractivity contribution < 1.29 is 9.59 Å². The normalized spacial score (nSPS) is 12.8. The molecule has 0 spiro atoms. The lowest BCUT2D eigenvalue weighted by atomic mass is 10.1. The van der Waals surface area contributed by atoms with Crippen molar-refractivity contribution in [3.05, 3.63) is 69.7 Å². The first-order valence-electron chi connectivity index (χ1n) is 10.7. The largest absolute Gasteiger partial charge is 0.352 e. The van der Waals surface area contributed by atoms with Crippen molar-refractivity contribution in [2.75, 3.05) is 5.75 Å². The molecular formula is C25H33ClN2O2S. The summed E-state index contributed by atoms with van der Waals surface area (Å²) >= 11 is 7.57. The van der Waals surface area contributed by atoms with Gasteiger partial charge < -0.3 is 10.2 Å². The van der Waals surface area contributed by atoms with E-state index in [0.717, 1.165) is 17.7 Å². The van der Waals surface area contributed by atoms with E-state index in [9.17, 15) is 9.59 Å². The maximum atomic E-state index is 13.1. The number of hydrogen-bond donors (Lipinski definition) is 1. The SMILES string of the molecule is CCC(C)NC(=O)C(C)N(Cc1ccc(Cl)cc1)C(=O)CSCc1cc(C)cc(C)c1. The van der Waals surface area contributed by atoms with Crippen molar-refractivity contribution in [2.24, 2.45) is 0 Å². The fourth-order valence-electron chi connectivity index (χ4n) is 3.33.